The normalized spacial score (nSPS) is 20.2. The van der Waals surface area contributed by atoms with E-state index < -0.39 is 12.0 Å². The van der Waals surface area contributed by atoms with Gasteiger partial charge in [0.15, 0.2) is 0 Å². The standard InChI is InChI=1S/C18H16ClNO3/c1-11-7-8-13(9-15(11)19)20-18(22)14-10-16(21)23-17(14)12-5-3-2-4-6-12/h2-9,14,17H,10H2,1H3,(H,20,22). The molecule has 1 fully saturated rings. The average molecular weight is 330 g/mol. The summed E-state index contributed by atoms with van der Waals surface area (Å²) < 4.78 is 5.34. The smallest absolute Gasteiger partial charge is 0.307 e. The van der Waals surface area contributed by atoms with Crippen LogP contribution in [0.4, 0.5) is 5.69 Å². The summed E-state index contributed by atoms with van der Waals surface area (Å²) in [6, 6.07) is 14.6. The van der Waals surface area contributed by atoms with E-state index >= 15 is 0 Å². The second kappa shape index (κ2) is 6.42. The Hall–Kier alpha value is -2.33. The van der Waals surface area contributed by atoms with Gasteiger partial charge in [0.05, 0.1) is 12.3 Å². The minimum absolute atomic E-state index is 0.0744. The first-order chi connectivity index (χ1) is 11.0. The van der Waals surface area contributed by atoms with Gasteiger partial charge < -0.3 is 10.1 Å². The maximum absolute atomic E-state index is 12.6. The zero-order valence-corrected chi connectivity index (χ0v) is 13.3. The Bertz CT molecular complexity index is 745. The van der Waals surface area contributed by atoms with E-state index in [1.54, 1.807) is 12.1 Å². The summed E-state index contributed by atoms with van der Waals surface area (Å²) in [4.78, 5) is 24.2. The van der Waals surface area contributed by atoms with Crippen molar-refractivity contribution in [2.24, 2.45) is 5.92 Å². The van der Waals surface area contributed by atoms with Gasteiger partial charge >= 0.3 is 5.97 Å². The Balaban J connectivity index is 1.79. The summed E-state index contributed by atoms with van der Waals surface area (Å²) >= 11 is 6.07. The number of benzene rings is 2. The Morgan fingerprint density at radius 2 is 1.96 bits per heavy atom. The third-order valence-electron chi connectivity index (χ3n) is 3.91. The van der Waals surface area contributed by atoms with Crippen molar-refractivity contribution in [3.05, 3.63) is 64.7 Å². The van der Waals surface area contributed by atoms with Crippen LogP contribution in [0.3, 0.4) is 0 Å². The number of halogens is 1. The molecule has 118 valence electrons. The van der Waals surface area contributed by atoms with Gasteiger partial charge in [0, 0.05) is 10.7 Å². The van der Waals surface area contributed by atoms with Crippen LogP contribution in [-0.4, -0.2) is 11.9 Å². The largest absolute Gasteiger partial charge is 0.457 e. The number of esters is 1. The van der Waals surface area contributed by atoms with Gasteiger partial charge in [0.1, 0.15) is 6.10 Å². The summed E-state index contributed by atoms with van der Waals surface area (Å²) in [6.07, 6.45) is -0.477. The van der Waals surface area contributed by atoms with E-state index in [2.05, 4.69) is 5.32 Å². The maximum atomic E-state index is 12.6. The van der Waals surface area contributed by atoms with Gasteiger partial charge in [-0.1, -0.05) is 48.0 Å². The molecule has 1 amide bonds. The number of aryl methyl sites for hydroxylation is 1. The average Bonchev–Trinajstić information content (AvgIpc) is 2.94. The molecule has 0 radical (unpaired) electrons. The predicted molar refractivity (Wildman–Crippen MR) is 88.2 cm³/mol. The molecule has 2 aromatic rings. The zero-order chi connectivity index (χ0) is 16.4. The third-order valence-corrected chi connectivity index (χ3v) is 4.32. The highest BCUT2D eigenvalue weighted by Crippen LogP contribution is 2.36. The van der Waals surface area contributed by atoms with Crippen LogP contribution in [0.15, 0.2) is 48.5 Å². The molecule has 2 atom stereocenters. The van der Waals surface area contributed by atoms with Crippen molar-refractivity contribution in [1.82, 2.24) is 0 Å². The number of rotatable bonds is 3. The molecular formula is C18H16ClNO3. The number of ether oxygens (including phenoxy) is 1. The highest BCUT2D eigenvalue weighted by molar-refractivity contribution is 6.31. The van der Waals surface area contributed by atoms with Crippen LogP contribution in [0.2, 0.25) is 5.02 Å². The number of carbonyl (C=O) groups is 2. The van der Waals surface area contributed by atoms with Crippen LogP contribution in [0, 0.1) is 12.8 Å². The van der Waals surface area contributed by atoms with Crippen molar-refractivity contribution in [2.45, 2.75) is 19.4 Å². The fraction of sp³-hybridized carbons (Fsp3) is 0.222. The molecule has 0 bridgehead atoms. The fourth-order valence-corrected chi connectivity index (χ4v) is 2.82. The molecule has 1 saturated heterocycles. The highest BCUT2D eigenvalue weighted by Gasteiger charge is 2.40. The van der Waals surface area contributed by atoms with Crippen molar-refractivity contribution in [3.8, 4) is 0 Å². The summed E-state index contributed by atoms with van der Waals surface area (Å²) in [5.41, 5.74) is 2.36. The first-order valence-corrected chi connectivity index (χ1v) is 7.74. The van der Waals surface area contributed by atoms with Gasteiger partial charge in [-0.2, -0.15) is 0 Å². The molecule has 1 N–H and O–H groups in total. The lowest BCUT2D eigenvalue weighted by atomic mass is 9.94. The Kier molecular flexibility index (Phi) is 4.35. The monoisotopic (exact) mass is 329 g/mol. The van der Waals surface area contributed by atoms with Gasteiger partial charge in [-0.15, -0.1) is 0 Å². The molecule has 2 unspecified atom stereocenters. The summed E-state index contributed by atoms with van der Waals surface area (Å²) in [5.74, 6) is -1.16. The quantitative estimate of drug-likeness (QED) is 0.869. The second-order valence-electron chi connectivity index (χ2n) is 5.58. The number of cyclic esters (lactones) is 1. The maximum Gasteiger partial charge on any atom is 0.307 e. The van der Waals surface area contributed by atoms with Gasteiger partial charge in [-0.25, -0.2) is 0 Å². The van der Waals surface area contributed by atoms with Crippen molar-refractivity contribution in [1.29, 1.82) is 0 Å². The highest BCUT2D eigenvalue weighted by atomic mass is 35.5. The number of nitrogens with one attached hydrogen (secondary N) is 1. The second-order valence-corrected chi connectivity index (χ2v) is 5.99. The molecule has 4 nitrogen and oxygen atoms in total. The minimum Gasteiger partial charge on any atom is -0.457 e. The zero-order valence-electron chi connectivity index (χ0n) is 12.6. The number of amides is 1. The lowest BCUT2D eigenvalue weighted by Crippen LogP contribution is -2.25. The first-order valence-electron chi connectivity index (χ1n) is 7.36. The van der Waals surface area contributed by atoms with E-state index in [9.17, 15) is 9.59 Å². The molecule has 0 saturated carbocycles. The Labute approximate surface area is 139 Å². The Morgan fingerprint density at radius 3 is 2.65 bits per heavy atom. The summed E-state index contributed by atoms with van der Waals surface area (Å²) in [6.45, 7) is 1.89. The van der Waals surface area contributed by atoms with Gasteiger partial charge in [-0.05, 0) is 30.2 Å². The van der Waals surface area contributed by atoms with E-state index in [4.69, 9.17) is 16.3 Å². The Morgan fingerprint density at radius 1 is 1.22 bits per heavy atom. The van der Waals surface area contributed by atoms with Crippen LogP contribution in [-0.2, 0) is 14.3 Å². The van der Waals surface area contributed by atoms with Crippen molar-refractivity contribution in [2.75, 3.05) is 5.32 Å². The van der Waals surface area contributed by atoms with Gasteiger partial charge in [-0.3, -0.25) is 9.59 Å². The van der Waals surface area contributed by atoms with Crippen molar-refractivity contribution >= 4 is 29.2 Å². The molecule has 0 spiro atoms. The number of hydrogen-bond acceptors (Lipinski definition) is 3. The minimum atomic E-state index is -0.551. The number of anilines is 1. The third kappa shape index (κ3) is 3.37. The fourth-order valence-electron chi connectivity index (χ4n) is 2.64. The van der Waals surface area contributed by atoms with Crippen LogP contribution < -0.4 is 5.32 Å². The molecule has 0 aromatic heterocycles. The van der Waals surface area contributed by atoms with E-state index in [0.29, 0.717) is 10.7 Å². The topological polar surface area (TPSA) is 55.4 Å². The molecule has 2 aromatic carbocycles. The van der Waals surface area contributed by atoms with E-state index in [1.807, 2.05) is 43.3 Å². The SMILES string of the molecule is Cc1ccc(NC(=O)C2CC(=O)OC2c2ccccc2)cc1Cl. The lowest BCUT2D eigenvalue weighted by Gasteiger charge is -2.17. The van der Waals surface area contributed by atoms with Crippen molar-refractivity contribution in [3.63, 3.8) is 0 Å². The molecule has 3 rings (SSSR count). The lowest BCUT2D eigenvalue weighted by molar-refractivity contribution is -0.141. The van der Waals surface area contributed by atoms with Crippen LogP contribution in [0.5, 0.6) is 0 Å². The summed E-state index contributed by atoms with van der Waals surface area (Å²) in [5, 5.41) is 3.40. The molecular weight excluding hydrogens is 314 g/mol. The molecule has 23 heavy (non-hydrogen) atoms. The van der Waals surface area contributed by atoms with Crippen LogP contribution >= 0.6 is 11.6 Å². The first kappa shape index (κ1) is 15.6. The van der Waals surface area contributed by atoms with E-state index in [0.717, 1.165) is 11.1 Å². The van der Waals surface area contributed by atoms with Crippen LogP contribution in [0.25, 0.3) is 0 Å². The van der Waals surface area contributed by atoms with Crippen molar-refractivity contribution < 1.29 is 14.3 Å². The molecule has 1 aliphatic heterocycles. The predicted octanol–water partition coefficient (Wildman–Crippen LogP) is 3.89. The van der Waals surface area contributed by atoms with Gasteiger partial charge in [0.2, 0.25) is 5.91 Å². The number of hydrogen-bond donors (Lipinski definition) is 1. The molecule has 1 aliphatic rings. The van der Waals surface area contributed by atoms with E-state index in [-0.39, 0.29) is 18.3 Å². The molecule has 5 heteroatoms. The van der Waals surface area contributed by atoms with E-state index in [1.165, 1.54) is 0 Å². The summed E-state index contributed by atoms with van der Waals surface area (Å²) in [7, 11) is 0. The molecule has 0 aliphatic carbocycles. The molecule has 1 heterocycles. The van der Waals surface area contributed by atoms with Gasteiger partial charge in [0.25, 0.3) is 0 Å². The van der Waals surface area contributed by atoms with Crippen LogP contribution in [0.1, 0.15) is 23.7 Å². The number of carbonyl (C=O) groups excluding carboxylic acids is 2.